The van der Waals surface area contributed by atoms with E-state index in [9.17, 15) is 19.2 Å². The van der Waals surface area contributed by atoms with Crippen molar-refractivity contribution < 1.29 is 28.7 Å². The first-order valence-corrected chi connectivity index (χ1v) is 13.4. The number of nitrogens with zero attached hydrogens (tertiary/aromatic N) is 2. The van der Waals surface area contributed by atoms with Crippen LogP contribution in [0.1, 0.15) is 51.1 Å². The Balaban J connectivity index is 1.19. The molecule has 2 N–H and O–H groups in total. The Kier molecular flexibility index (Phi) is 11.0. The summed E-state index contributed by atoms with van der Waals surface area (Å²) in [7, 11) is 0. The Labute approximate surface area is 248 Å². The summed E-state index contributed by atoms with van der Waals surface area (Å²) in [6.45, 7) is 0. The first kappa shape index (κ1) is 30.1. The van der Waals surface area contributed by atoms with Crippen molar-refractivity contribution in [3.63, 3.8) is 0 Å². The summed E-state index contributed by atoms with van der Waals surface area (Å²) in [4.78, 5) is 49.1. The fraction of sp³-hybridized carbons (Fsp3) is 0.0909. The van der Waals surface area contributed by atoms with E-state index < -0.39 is 11.9 Å². The quantitative estimate of drug-likeness (QED) is 0.107. The van der Waals surface area contributed by atoms with Gasteiger partial charge in [0.1, 0.15) is 11.5 Å². The zero-order chi connectivity index (χ0) is 30.3. The third-order valence-corrected chi connectivity index (χ3v) is 5.86. The van der Waals surface area contributed by atoms with Crippen LogP contribution >= 0.6 is 0 Å². The average molecular weight is 577 g/mol. The highest BCUT2D eigenvalue weighted by Gasteiger charge is 2.12. The number of carbonyl (C=O) groups excluding carboxylic acids is 4. The SMILES string of the molecule is O=C(CCCC(=O)NN=Cc1ccccc1OC(=O)c1ccccc1)NN=Cc1ccccc1OC(=O)c1ccccc1. The van der Waals surface area contributed by atoms with E-state index in [2.05, 4.69) is 21.1 Å². The molecule has 0 saturated heterocycles. The molecule has 43 heavy (non-hydrogen) atoms. The van der Waals surface area contributed by atoms with Crippen LogP contribution in [-0.4, -0.2) is 36.2 Å². The van der Waals surface area contributed by atoms with Gasteiger partial charge in [-0.25, -0.2) is 20.4 Å². The molecule has 216 valence electrons. The van der Waals surface area contributed by atoms with Crippen molar-refractivity contribution in [2.24, 2.45) is 10.2 Å². The van der Waals surface area contributed by atoms with E-state index in [1.165, 1.54) is 12.4 Å². The van der Waals surface area contributed by atoms with Crippen molar-refractivity contribution in [1.82, 2.24) is 10.9 Å². The maximum absolute atomic E-state index is 12.4. The summed E-state index contributed by atoms with van der Waals surface area (Å²) < 4.78 is 10.9. The van der Waals surface area contributed by atoms with Gasteiger partial charge in [-0.2, -0.15) is 10.2 Å². The molecule has 0 heterocycles. The van der Waals surface area contributed by atoms with Crippen molar-refractivity contribution in [2.75, 3.05) is 0 Å². The number of hydrazone groups is 2. The summed E-state index contributed by atoms with van der Waals surface area (Å²) in [5.74, 6) is -1.21. The highest BCUT2D eigenvalue weighted by atomic mass is 16.5. The molecule has 0 radical (unpaired) electrons. The molecule has 0 spiro atoms. The number of nitrogens with one attached hydrogen (secondary N) is 2. The molecule has 0 aliphatic heterocycles. The van der Waals surface area contributed by atoms with Gasteiger partial charge in [0.15, 0.2) is 0 Å². The van der Waals surface area contributed by atoms with Gasteiger partial charge in [-0.05, 0) is 55.0 Å². The molecule has 0 fully saturated rings. The lowest BCUT2D eigenvalue weighted by Gasteiger charge is -2.07. The van der Waals surface area contributed by atoms with Crippen molar-refractivity contribution in [3.8, 4) is 11.5 Å². The lowest BCUT2D eigenvalue weighted by molar-refractivity contribution is -0.122. The molecule has 10 nitrogen and oxygen atoms in total. The number of ether oxygens (including phenoxy) is 2. The summed E-state index contributed by atoms with van der Waals surface area (Å²) >= 11 is 0. The topological polar surface area (TPSA) is 136 Å². The van der Waals surface area contributed by atoms with Crippen molar-refractivity contribution >= 4 is 36.2 Å². The fourth-order valence-corrected chi connectivity index (χ4v) is 3.70. The molecule has 0 atom stereocenters. The van der Waals surface area contributed by atoms with Crippen molar-refractivity contribution in [1.29, 1.82) is 0 Å². The van der Waals surface area contributed by atoms with Gasteiger partial charge in [0.2, 0.25) is 11.8 Å². The first-order chi connectivity index (χ1) is 21.0. The predicted molar refractivity (Wildman–Crippen MR) is 161 cm³/mol. The van der Waals surface area contributed by atoms with Crippen LogP contribution in [0.4, 0.5) is 0 Å². The van der Waals surface area contributed by atoms with Crippen LogP contribution in [0.5, 0.6) is 11.5 Å². The first-order valence-electron chi connectivity index (χ1n) is 13.4. The number of hydrogen-bond donors (Lipinski definition) is 2. The molecule has 0 saturated carbocycles. The van der Waals surface area contributed by atoms with Gasteiger partial charge in [-0.3, -0.25) is 9.59 Å². The second kappa shape index (κ2) is 15.8. The summed E-state index contributed by atoms with van der Waals surface area (Å²) in [5.41, 5.74) is 6.62. The van der Waals surface area contributed by atoms with Crippen molar-refractivity contribution in [3.05, 3.63) is 131 Å². The molecular formula is C33H28N4O6. The molecule has 0 bridgehead atoms. The summed E-state index contributed by atoms with van der Waals surface area (Å²) in [6.07, 6.45) is 3.12. The minimum absolute atomic E-state index is 0.0530. The highest BCUT2D eigenvalue weighted by Crippen LogP contribution is 2.19. The van der Waals surface area contributed by atoms with E-state index in [0.29, 0.717) is 33.8 Å². The van der Waals surface area contributed by atoms with E-state index in [4.69, 9.17) is 9.47 Å². The minimum atomic E-state index is -0.510. The van der Waals surface area contributed by atoms with Crippen LogP contribution in [0, 0.1) is 0 Å². The van der Waals surface area contributed by atoms with Crippen LogP contribution < -0.4 is 20.3 Å². The second-order valence-electron chi connectivity index (χ2n) is 9.03. The van der Waals surface area contributed by atoms with Gasteiger partial charge in [-0.15, -0.1) is 0 Å². The molecule has 4 rings (SSSR count). The van der Waals surface area contributed by atoms with Crippen LogP contribution in [0.3, 0.4) is 0 Å². The van der Waals surface area contributed by atoms with Crippen LogP contribution in [0.25, 0.3) is 0 Å². The minimum Gasteiger partial charge on any atom is -0.422 e. The zero-order valence-electron chi connectivity index (χ0n) is 23.0. The van der Waals surface area contributed by atoms with Crippen LogP contribution in [0.15, 0.2) is 119 Å². The van der Waals surface area contributed by atoms with Gasteiger partial charge in [0, 0.05) is 24.0 Å². The molecule has 0 aromatic heterocycles. The molecule has 2 amide bonds. The number of carbonyl (C=O) groups is 4. The van der Waals surface area contributed by atoms with Gasteiger partial charge in [0.25, 0.3) is 0 Å². The number of esters is 2. The van der Waals surface area contributed by atoms with Crippen LogP contribution in [-0.2, 0) is 9.59 Å². The van der Waals surface area contributed by atoms with Gasteiger partial charge < -0.3 is 9.47 Å². The number of rotatable bonds is 12. The van der Waals surface area contributed by atoms with E-state index in [0.717, 1.165) is 0 Å². The Morgan fingerprint density at radius 2 is 0.907 bits per heavy atom. The maximum Gasteiger partial charge on any atom is 0.343 e. The maximum atomic E-state index is 12.4. The van der Waals surface area contributed by atoms with Gasteiger partial charge >= 0.3 is 11.9 Å². The van der Waals surface area contributed by atoms with Crippen LogP contribution in [0.2, 0.25) is 0 Å². The monoisotopic (exact) mass is 576 g/mol. The zero-order valence-corrected chi connectivity index (χ0v) is 23.0. The van der Waals surface area contributed by atoms with Gasteiger partial charge in [-0.1, -0.05) is 60.7 Å². The van der Waals surface area contributed by atoms with E-state index in [-0.39, 0.29) is 31.1 Å². The average Bonchev–Trinajstić information content (AvgIpc) is 3.03. The Morgan fingerprint density at radius 3 is 1.33 bits per heavy atom. The summed E-state index contributed by atoms with van der Waals surface area (Å²) in [5, 5.41) is 7.87. The molecule has 0 aliphatic rings. The standard InChI is InChI=1S/C33H28N4O6/c38-30(36-34-22-26-16-7-9-18-28(26)42-32(40)24-12-3-1-4-13-24)20-11-21-31(39)37-35-23-27-17-8-10-19-29(27)43-33(41)25-14-5-2-6-15-25/h1-10,12-19,22-23H,11,20-21H2,(H,36,38)(H,37,39). The number of para-hydroxylation sites is 2. The molecule has 10 heteroatoms. The fourth-order valence-electron chi connectivity index (χ4n) is 3.70. The Bertz CT molecular complexity index is 1500. The third kappa shape index (κ3) is 9.61. The molecule has 0 unspecified atom stereocenters. The largest absolute Gasteiger partial charge is 0.422 e. The lowest BCUT2D eigenvalue weighted by atomic mass is 10.2. The smallest absolute Gasteiger partial charge is 0.343 e. The molecular weight excluding hydrogens is 548 g/mol. The lowest BCUT2D eigenvalue weighted by Crippen LogP contribution is -2.20. The number of benzene rings is 4. The third-order valence-electron chi connectivity index (χ3n) is 5.86. The molecule has 0 aliphatic carbocycles. The molecule has 4 aromatic carbocycles. The predicted octanol–water partition coefficient (Wildman–Crippen LogP) is 4.90. The normalized spacial score (nSPS) is 10.8. The summed E-state index contributed by atoms with van der Waals surface area (Å²) in [6, 6.07) is 30.7. The Morgan fingerprint density at radius 1 is 0.535 bits per heavy atom. The van der Waals surface area contributed by atoms with E-state index >= 15 is 0 Å². The highest BCUT2D eigenvalue weighted by molar-refractivity contribution is 5.94. The number of hydrogen-bond acceptors (Lipinski definition) is 8. The number of amides is 2. The van der Waals surface area contributed by atoms with E-state index in [1.807, 2.05) is 0 Å². The molecule has 4 aromatic rings. The van der Waals surface area contributed by atoms with E-state index in [1.54, 1.807) is 109 Å². The second-order valence-corrected chi connectivity index (χ2v) is 9.03. The van der Waals surface area contributed by atoms with Crippen molar-refractivity contribution in [2.45, 2.75) is 19.3 Å². The Hall–Kier alpha value is -5.90. The van der Waals surface area contributed by atoms with Gasteiger partial charge in [0.05, 0.1) is 23.6 Å².